The van der Waals surface area contributed by atoms with Gasteiger partial charge in [0.15, 0.2) is 5.78 Å². The topological polar surface area (TPSA) is 44.8 Å². The first kappa shape index (κ1) is 15.2. The van der Waals surface area contributed by atoms with Gasteiger partial charge in [-0.05, 0) is 5.56 Å². The van der Waals surface area contributed by atoms with Gasteiger partial charge >= 0.3 is 0 Å². The number of benzene rings is 2. The molecule has 0 saturated heterocycles. The van der Waals surface area contributed by atoms with Crippen molar-refractivity contribution in [2.75, 3.05) is 13.7 Å². The van der Waals surface area contributed by atoms with Crippen molar-refractivity contribution in [1.29, 1.82) is 0 Å². The molecule has 0 N–H and O–H groups in total. The lowest BCUT2D eigenvalue weighted by atomic mass is 9.95. The van der Waals surface area contributed by atoms with E-state index >= 15 is 0 Å². The van der Waals surface area contributed by atoms with Gasteiger partial charge in [-0.1, -0.05) is 43.0 Å². The van der Waals surface area contributed by atoms with Gasteiger partial charge in [-0.3, -0.25) is 4.79 Å². The molecule has 1 atom stereocenters. The number of carbonyl (C=O) groups excluding carboxylic acids is 1. The molecular weight excluding hydrogens is 292 g/mol. The number of methoxy groups -OCH3 is 1. The first-order valence-electron chi connectivity index (χ1n) is 7.43. The number of hydrogen-bond donors (Lipinski definition) is 0. The normalized spacial score (nSPS) is 16.2. The van der Waals surface area contributed by atoms with Crippen molar-refractivity contribution in [3.63, 3.8) is 0 Å². The van der Waals surface area contributed by atoms with Gasteiger partial charge in [-0.15, -0.1) is 0 Å². The summed E-state index contributed by atoms with van der Waals surface area (Å²) < 4.78 is 16.9. The minimum Gasteiger partial charge on any atom is -0.496 e. The molecule has 2 aromatic rings. The summed E-state index contributed by atoms with van der Waals surface area (Å²) in [6.07, 6.45) is 1.62. The predicted molar refractivity (Wildman–Crippen MR) is 87.4 cm³/mol. The first-order valence-corrected chi connectivity index (χ1v) is 7.43. The molecule has 1 heterocycles. The van der Waals surface area contributed by atoms with Crippen LogP contribution in [0.2, 0.25) is 0 Å². The zero-order chi connectivity index (χ0) is 16.2. The molecule has 0 fully saturated rings. The third kappa shape index (κ3) is 3.06. The second-order valence-electron chi connectivity index (χ2n) is 5.24. The summed E-state index contributed by atoms with van der Waals surface area (Å²) in [6.45, 7) is 3.94. The number of carbonyl (C=O) groups is 1. The average molecular weight is 310 g/mol. The van der Waals surface area contributed by atoms with Gasteiger partial charge in [0.05, 0.1) is 13.5 Å². The van der Waals surface area contributed by atoms with Crippen LogP contribution in [-0.4, -0.2) is 19.5 Å². The fourth-order valence-corrected chi connectivity index (χ4v) is 2.63. The number of Topliss-reactive ketones (excluding diaryl/α,β-unsaturated/α-hetero) is 1. The molecule has 1 aliphatic rings. The summed E-state index contributed by atoms with van der Waals surface area (Å²) in [5.74, 6) is 1.55. The second-order valence-corrected chi connectivity index (χ2v) is 5.24. The van der Waals surface area contributed by atoms with Crippen LogP contribution in [0.1, 0.15) is 28.4 Å². The Kier molecular flexibility index (Phi) is 4.33. The van der Waals surface area contributed by atoms with Crippen molar-refractivity contribution in [2.45, 2.75) is 12.5 Å². The minimum atomic E-state index is -0.296. The van der Waals surface area contributed by atoms with E-state index < -0.39 is 0 Å². The van der Waals surface area contributed by atoms with E-state index in [0.717, 1.165) is 5.56 Å². The first-order chi connectivity index (χ1) is 11.2. The molecule has 1 unspecified atom stereocenters. The Balaban J connectivity index is 2.00. The van der Waals surface area contributed by atoms with Gasteiger partial charge in [0, 0.05) is 12.1 Å². The van der Waals surface area contributed by atoms with Crippen molar-refractivity contribution < 1.29 is 19.0 Å². The number of ether oxygens (including phenoxy) is 3. The maximum absolute atomic E-state index is 12.6. The van der Waals surface area contributed by atoms with E-state index in [9.17, 15) is 4.79 Å². The third-order valence-corrected chi connectivity index (χ3v) is 3.72. The van der Waals surface area contributed by atoms with Crippen molar-refractivity contribution in [2.24, 2.45) is 0 Å². The van der Waals surface area contributed by atoms with Crippen molar-refractivity contribution in [3.8, 4) is 17.2 Å². The molecule has 0 aromatic heterocycles. The van der Waals surface area contributed by atoms with E-state index in [0.29, 0.717) is 29.4 Å². The summed E-state index contributed by atoms with van der Waals surface area (Å²) in [6, 6.07) is 13.1. The van der Waals surface area contributed by atoms with Crippen molar-refractivity contribution in [1.82, 2.24) is 0 Å². The number of fused-ring (bicyclic) bond motifs is 1. The minimum absolute atomic E-state index is 0.00168. The van der Waals surface area contributed by atoms with Gasteiger partial charge < -0.3 is 14.2 Å². The lowest BCUT2D eigenvalue weighted by molar-refractivity contribution is 0.0843. The van der Waals surface area contributed by atoms with Gasteiger partial charge in [0.1, 0.15) is 35.5 Å². The van der Waals surface area contributed by atoms with E-state index in [4.69, 9.17) is 14.2 Å². The Hall–Kier alpha value is -2.75. The summed E-state index contributed by atoms with van der Waals surface area (Å²) in [5.41, 5.74) is 1.45. The molecule has 2 aromatic carbocycles. The smallest absolute Gasteiger partial charge is 0.174 e. The number of ketones is 1. The molecule has 118 valence electrons. The Morgan fingerprint density at radius 1 is 1.30 bits per heavy atom. The summed E-state index contributed by atoms with van der Waals surface area (Å²) in [7, 11) is 1.57. The predicted octanol–water partition coefficient (Wildman–Crippen LogP) is 3.97. The maximum Gasteiger partial charge on any atom is 0.174 e. The quantitative estimate of drug-likeness (QED) is 0.784. The molecule has 3 rings (SSSR count). The van der Waals surface area contributed by atoms with Crippen LogP contribution in [-0.2, 0) is 0 Å². The molecule has 1 aliphatic heterocycles. The van der Waals surface area contributed by atoms with Crippen LogP contribution in [0.5, 0.6) is 17.2 Å². The molecule has 0 radical (unpaired) electrons. The van der Waals surface area contributed by atoms with E-state index in [1.165, 1.54) is 0 Å². The fourth-order valence-electron chi connectivity index (χ4n) is 2.63. The van der Waals surface area contributed by atoms with Crippen LogP contribution in [0.25, 0.3) is 0 Å². The maximum atomic E-state index is 12.6. The third-order valence-electron chi connectivity index (χ3n) is 3.72. The van der Waals surface area contributed by atoms with E-state index in [2.05, 4.69) is 6.58 Å². The van der Waals surface area contributed by atoms with Crippen molar-refractivity contribution >= 4 is 5.78 Å². The summed E-state index contributed by atoms with van der Waals surface area (Å²) >= 11 is 0. The molecule has 0 saturated carbocycles. The van der Waals surface area contributed by atoms with Crippen LogP contribution in [0, 0.1) is 0 Å². The highest BCUT2D eigenvalue weighted by Crippen LogP contribution is 2.42. The Bertz CT molecular complexity index is 722. The zero-order valence-corrected chi connectivity index (χ0v) is 13.0. The lowest BCUT2D eigenvalue weighted by Gasteiger charge is -2.27. The largest absolute Gasteiger partial charge is 0.496 e. The van der Waals surface area contributed by atoms with Gasteiger partial charge in [0.25, 0.3) is 0 Å². The molecule has 4 heteroatoms. The van der Waals surface area contributed by atoms with Crippen LogP contribution >= 0.6 is 0 Å². The molecule has 0 amide bonds. The van der Waals surface area contributed by atoms with Gasteiger partial charge in [0.2, 0.25) is 0 Å². The Morgan fingerprint density at radius 2 is 2.09 bits per heavy atom. The molecule has 0 aliphatic carbocycles. The average Bonchev–Trinajstić information content (AvgIpc) is 2.59. The van der Waals surface area contributed by atoms with E-state index in [1.807, 2.05) is 30.3 Å². The molecule has 0 bridgehead atoms. The van der Waals surface area contributed by atoms with Gasteiger partial charge in [-0.2, -0.15) is 0 Å². The standard InChI is InChI=1S/C19H18O4/c1-3-9-22-17-10-14(21-2)11-18-19(17)15(20)12-16(23-18)13-7-5-4-6-8-13/h3-8,10-11,16H,1,9,12H2,2H3. The van der Waals surface area contributed by atoms with Crippen molar-refractivity contribution in [3.05, 3.63) is 66.2 Å². The SMILES string of the molecule is C=CCOc1cc(OC)cc2c1C(=O)CC(c1ccccc1)O2. The van der Waals surface area contributed by atoms with E-state index in [1.54, 1.807) is 25.3 Å². The van der Waals surface area contributed by atoms with Crippen LogP contribution in [0.3, 0.4) is 0 Å². The highest BCUT2D eigenvalue weighted by Gasteiger charge is 2.31. The molecule has 23 heavy (non-hydrogen) atoms. The lowest BCUT2D eigenvalue weighted by Crippen LogP contribution is -2.21. The van der Waals surface area contributed by atoms with Crippen LogP contribution < -0.4 is 14.2 Å². The molecule has 0 spiro atoms. The highest BCUT2D eigenvalue weighted by molar-refractivity contribution is 6.02. The summed E-state index contributed by atoms with van der Waals surface area (Å²) in [4.78, 5) is 12.6. The monoisotopic (exact) mass is 310 g/mol. The highest BCUT2D eigenvalue weighted by atomic mass is 16.5. The Labute approximate surface area is 135 Å². The number of hydrogen-bond acceptors (Lipinski definition) is 4. The zero-order valence-electron chi connectivity index (χ0n) is 13.0. The van der Waals surface area contributed by atoms with E-state index in [-0.39, 0.29) is 18.3 Å². The number of rotatable bonds is 5. The molecular formula is C19H18O4. The van der Waals surface area contributed by atoms with Crippen LogP contribution in [0.4, 0.5) is 0 Å². The summed E-state index contributed by atoms with van der Waals surface area (Å²) in [5, 5.41) is 0. The molecule has 4 nitrogen and oxygen atoms in total. The fraction of sp³-hybridized carbons (Fsp3) is 0.211. The second kappa shape index (κ2) is 6.57. The van der Waals surface area contributed by atoms with Crippen LogP contribution in [0.15, 0.2) is 55.1 Å². The van der Waals surface area contributed by atoms with Gasteiger partial charge in [-0.25, -0.2) is 0 Å². The Morgan fingerprint density at radius 3 is 2.78 bits per heavy atom.